The molecule has 5 heteroatoms. The van der Waals surface area contributed by atoms with Crippen molar-refractivity contribution in [3.05, 3.63) is 0 Å². The van der Waals surface area contributed by atoms with Crippen molar-refractivity contribution in [1.29, 1.82) is 0 Å². The number of aliphatic hydroxyl groups excluding tert-OH is 2. The molecule has 0 aliphatic rings. The van der Waals surface area contributed by atoms with Crippen LogP contribution >= 0.6 is 0 Å². The molecular formula is C14H29NO4. The highest BCUT2D eigenvalue weighted by atomic mass is 16.7. The van der Waals surface area contributed by atoms with Gasteiger partial charge in [0, 0.05) is 6.42 Å². The second-order valence-electron chi connectivity index (χ2n) is 4.96. The van der Waals surface area contributed by atoms with Gasteiger partial charge in [0.2, 0.25) is 0 Å². The van der Waals surface area contributed by atoms with Crippen LogP contribution in [-0.2, 0) is 9.63 Å². The predicted molar refractivity (Wildman–Crippen MR) is 73.9 cm³/mol. The Morgan fingerprint density at radius 3 is 1.95 bits per heavy atom. The number of hydrogen-bond acceptors (Lipinski definition) is 5. The molecule has 0 aromatic heterocycles. The van der Waals surface area contributed by atoms with E-state index in [0.717, 1.165) is 24.3 Å². The summed E-state index contributed by atoms with van der Waals surface area (Å²) in [5, 5.41) is 19.5. The van der Waals surface area contributed by atoms with Gasteiger partial charge in [-0.1, -0.05) is 50.5 Å². The maximum absolute atomic E-state index is 11.5. The van der Waals surface area contributed by atoms with Crippen molar-refractivity contribution in [3.8, 4) is 0 Å². The average Bonchev–Trinajstić information content (AvgIpc) is 2.34. The van der Waals surface area contributed by atoms with Crippen molar-refractivity contribution < 1.29 is 19.8 Å². The second-order valence-corrected chi connectivity index (χ2v) is 4.96. The lowest BCUT2D eigenvalue weighted by Crippen LogP contribution is -2.41. The monoisotopic (exact) mass is 275 g/mol. The minimum Gasteiger partial charge on any atom is -0.375 e. The van der Waals surface area contributed by atoms with Gasteiger partial charge in [-0.15, -0.1) is 0 Å². The van der Waals surface area contributed by atoms with Crippen LogP contribution in [0, 0.1) is 0 Å². The topological polar surface area (TPSA) is 70.0 Å². The summed E-state index contributed by atoms with van der Waals surface area (Å²) in [6.07, 6.45) is 6.24. The Hall–Kier alpha value is -0.650. The molecule has 0 amide bonds. The van der Waals surface area contributed by atoms with Gasteiger partial charge in [-0.05, 0) is 20.3 Å². The molecule has 2 N–H and O–H groups in total. The zero-order valence-corrected chi connectivity index (χ0v) is 12.5. The third-order valence-corrected chi connectivity index (χ3v) is 2.93. The van der Waals surface area contributed by atoms with Crippen molar-refractivity contribution >= 4 is 5.97 Å². The SMILES string of the molecule is CCCCCCCCCC(=O)ON(C(C)O)C(C)O. The molecule has 0 aromatic carbocycles. The molecular weight excluding hydrogens is 246 g/mol. The van der Waals surface area contributed by atoms with Crippen LogP contribution in [0.4, 0.5) is 0 Å². The van der Waals surface area contributed by atoms with Gasteiger partial charge in [-0.2, -0.15) is 0 Å². The van der Waals surface area contributed by atoms with Crippen LogP contribution in [0.2, 0.25) is 0 Å². The summed E-state index contributed by atoms with van der Waals surface area (Å²) < 4.78 is 0. The Morgan fingerprint density at radius 1 is 1.00 bits per heavy atom. The highest BCUT2D eigenvalue weighted by Gasteiger charge is 2.20. The fourth-order valence-electron chi connectivity index (χ4n) is 1.85. The van der Waals surface area contributed by atoms with E-state index in [0.29, 0.717) is 6.42 Å². The van der Waals surface area contributed by atoms with Gasteiger partial charge in [-0.3, -0.25) is 4.79 Å². The summed E-state index contributed by atoms with van der Waals surface area (Å²) in [5.41, 5.74) is 0. The van der Waals surface area contributed by atoms with E-state index in [1.165, 1.54) is 39.5 Å². The number of unbranched alkanes of at least 4 members (excludes halogenated alkanes) is 6. The zero-order chi connectivity index (χ0) is 14.7. The summed E-state index contributed by atoms with van der Waals surface area (Å²) in [6.45, 7) is 5.06. The Labute approximate surface area is 116 Å². The van der Waals surface area contributed by atoms with Crippen molar-refractivity contribution in [2.24, 2.45) is 0 Å². The molecule has 0 bridgehead atoms. The largest absolute Gasteiger partial charge is 0.375 e. The van der Waals surface area contributed by atoms with E-state index in [4.69, 9.17) is 4.84 Å². The molecule has 0 saturated carbocycles. The molecule has 0 fully saturated rings. The molecule has 0 radical (unpaired) electrons. The first-order chi connectivity index (χ1) is 8.99. The van der Waals surface area contributed by atoms with Gasteiger partial charge in [0.05, 0.1) is 0 Å². The third kappa shape index (κ3) is 9.87. The first-order valence-electron chi connectivity index (χ1n) is 7.34. The predicted octanol–water partition coefficient (Wildman–Crippen LogP) is 2.56. The molecule has 0 aliphatic carbocycles. The van der Waals surface area contributed by atoms with Crippen LogP contribution in [-0.4, -0.2) is 33.7 Å². The molecule has 0 saturated heterocycles. The van der Waals surface area contributed by atoms with Crippen molar-refractivity contribution in [3.63, 3.8) is 0 Å². The Morgan fingerprint density at radius 2 is 1.47 bits per heavy atom. The van der Waals surface area contributed by atoms with Gasteiger partial charge >= 0.3 is 5.97 Å². The average molecular weight is 275 g/mol. The number of hydrogen-bond donors (Lipinski definition) is 2. The highest BCUT2D eigenvalue weighted by molar-refractivity contribution is 5.68. The standard InChI is InChI=1S/C14H29NO4/c1-4-5-6-7-8-9-10-11-14(18)19-15(12(2)16)13(3)17/h12-13,16-17H,4-11H2,1-3H3. The van der Waals surface area contributed by atoms with E-state index in [1.807, 2.05) is 0 Å². The molecule has 0 rings (SSSR count). The van der Waals surface area contributed by atoms with Crippen LogP contribution < -0.4 is 0 Å². The molecule has 5 nitrogen and oxygen atoms in total. The van der Waals surface area contributed by atoms with E-state index in [1.54, 1.807) is 0 Å². The zero-order valence-electron chi connectivity index (χ0n) is 12.5. The van der Waals surface area contributed by atoms with Crippen LogP contribution in [0.15, 0.2) is 0 Å². The van der Waals surface area contributed by atoms with Gasteiger partial charge in [0.1, 0.15) is 12.5 Å². The molecule has 0 aromatic rings. The Bertz CT molecular complexity index is 223. The quantitative estimate of drug-likeness (QED) is 0.344. The van der Waals surface area contributed by atoms with Crippen LogP contribution in [0.3, 0.4) is 0 Å². The molecule has 0 heterocycles. The fraction of sp³-hybridized carbons (Fsp3) is 0.929. The van der Waals surface area contributed by atoms with E-state index in [-0.39, 0.29) is 0 Å². The lowest BCUT2D eigenvalue weighted by molar-refractivity contribution is -0.276. The van der Waals surface area contributed by atoms with Crippen molar-refractivity contribution in [1.82, 2.24) is 5.06 Å². The molecule has 2 unspecified atom stereocenters. The van der Waals surface area contributed by atoms with Gasteiger partial charge < -0.3 is 15.1 Å². The van der Waals surface area contributed by atoms with Crippen LogP contribution in [0.5, 0.6) is 0 Å². The summed E-state index contributed by atoms with van der Waals surface area (Å²) in [4.78, 5) is 16.4. The molecule has 2 atom stereocenters. The Kier molecular flexibility index (Phi) is 10.8. The van der Waals surface area contributed by atoms with Gasteiger partial charge in [0.15, 0.2) is 0 Å². The summed E-state index contributed by atoms with van der Waals surface area (Å²) in [7, 11) is 0. The maximum Gasteiger partial charge on any atom is 0.325 e. The van der Waals surface area contributed by atoms with Gasteiger partial charge in [-0.25, -0.2) is 0 Å². The molecule has 19 heavy (non-hydrogen) atoms. The third-order valence-electron chi connectivity index (χ3n) is 2.93. The fourth-order valence-corrected chi connectivity index (χ4v) is 1.85. The summed E-state index contributed by atoms with van der Waals surface area (Å²) in [5.74, 6) is -0.407. The van der Waals surface area contributed by atoms with Crippen molar-refractivity contribution in [2.45, 2.75) is 84.6 Å². The normalized spacial score (nSPS) is 14.4. The van der Waals surface area contributed by atoms with E-state index in [9.17, 15) is 15.0 Å². The minimum atomic E-state index is -1.02. The van der Waals surface area contributed by atoms with Crippen LogP contribution in [0.1, 0.15) is 72.1 Å². The number of hydroxylamine groups is 2. The first kappa shape index (κ1) is 18.4. The first-order valence-corrected chi connectivity index (χ1v) is 7.34. The van der Waals surface area contributed by atoms with Crippen LogP contribution in [0.25, 0.3) is 0 Å². The van der Waals surface area contributed by atoms with E-state index < -0.39 is 18.4 Å². The molecule has 0 aliphatic heterocycles. The smallest absolute Gasteiger partial charge is 0.325 e. The van der Waals surface area contributed by atoms with Crippen molar-refractivity contribution in [2.75, 3.05) is 0 Å². The minimum absolute atomic E-state index is 0.323. The molecule has 0 spiro atoms. The van der Waals surface area contributed by atoms with Gasteiger partial charge in [0.25, 0.3) is 0 Å². The Balaban J connectivity index is 3.63. The summed E-state index contributed by atoms with van der Waals surface area (Å²) >= 11 is 0. The van der Waals surface area contributed by atoms with E-state index >= 15 is 0 Å². The number of carbonyl (C=O) groups is 1. The number of carbonyl (C=O) groups excluding carboxylic acids is 1. The second kappa shape index (κ2) is 11.2. The maximum atomic E-state index is 11.5. The number of nitrogens with zero attached hydrogens (tertiary/aromatic N) is 1. The van der Waals surface area contributed by atoms with E-state index in [2.05, 4.69) is 6.92 Å². The highest BCUT2D eigenvalue weighted by Crippen LogP contribution is 2.10. The number of rotatable bonds is 11. The summed E-state index contributed by atoms with van der Waals surface area (Å²) in [6, 6.07) is 0. The lowest BCUT2D eigenvalue weighted by atomic mass is 10.1. The molecule has 114 valence electrons. The lowest BCUT2D eigenvalue weighted by Gasteiger charge is -2.25. The number of aliphatic hydroxyl groups is 2.